The molecule has 1 rings (SSSR count). The number of hydrogen-bond donors (Lipinski definition) is 0. The van der Waals surface area contributed by atoms with Gasteiger partial charge in [-0.05, 0) is 29.5 Å². The molecule has 0 saturated carbocycles. The van der Waals surface area contributed by atoms with Crippen LogP contribution in [0.15, 0.2) is 23.1 Å². The van der Waals surface area contributed by atoms with Gasteiger partial charge in [0.05, 0.1) is 20.7 Å². The first-order chi connectivity index (χ1) is 8.58. The fourth-order valence-corrected chi connectivity index (χ4v) is 5.34. The summed E-state index contributed by atoms with van der Waals surface area (Å²) in [6.07, 6.45) is 0. The highest BCUT2D eigenvalue weighted by Crippen LogP contribution is 2.32. The molecule has 0 bridgehead atoms. The zero-order valence-electron chi connectivity index (χ0n) is 11.1. The third-order valence-electron chi connectivity index (χ3n) is 3.08. The Hall–Kier alpha value is 0.230. The van der Waals surface area contributed by atoms with E-state index in [2.05, 4.69) is 15.9 Å². The highest BCUT2D eigenvalue weighted by atomic mass is 79.9. The zero-order chi connectivity index (χ0) is 14.8. The van der Waals surface area contributed by atoms with Gasteiger partial charge in [0.25, 0.3) is 0 Å². The lowest BCUT2D eigenvalue weighted by Crippen LogP contribution is -2.29. The number of benzene rings is 1. The Morgan fingerprint density at radius 3 is 2.21 bits per heavy atom. The third-order valence-corrected chi connectivity index (χ3v) is 6.42. The largest absolute Gasteiger partial charge is 0.224 e. The summed E-state index contributed by atoms with van der Waals surface area (Å²) in [5.41, 5.74) is -0.0905. The van der Waals surface area contributed by atoms with E-state index < -0.39 is 9.84 Å². The Balaban J connectivity index is 3.07. The van der Waals surface area contributed by atoms with Gasteiger partial charge >= 0.3 is 0 Å². The molecule has 6 heteroatoms. The van der Waals surface area contributed by atoms with E-state index in [-0.39, 0.29) is 27.0 Å². The van der Waals surface area contributed by atoms with Crippen LogP contribution in [0.1, 0.15) is 20.8 Å². The van der Waals surface area contributed by atoms with Crippen molar-refractivity contribution in [3.63, 3.8) is 0 Å². The molecule has 1 atom stereocenters. The van der Waals surface area contributed by atoms with Crippen molar-refractivity contribution in [1.29, 1.82) is 0 Å². The van der Waals surface area contributed by atoms with Gasteiger partial charge in [0, 0.05) is 5.33 Å². The second-order valence-electron chi connectivity index (χ2n) is 5.57. The molecule has 0 aliphatic heterocycles. The number of rotatable bonds is 4. The molecule has 0 fully saturated rings. The molecule has 2 nitrogen and oxygen atoms in total. The summed E-state index contributed by atoms with van der Waals surface area (Å²) in [6, 6.07) is 4.42. The van der Waals surface area contributed by atoms with E-state index in [1.54, 1.807) is 0 Å². The van der Waals surface area contributed by atoms with Gasteiger partial charge in [-0.25, -0.2) is 8.42 Å². The molecule has 1 unspecified atom stereocenters. The molecule has 0 N–H and O–H groups in total. The van der Waals surface area contributed by atoms with Crippen LogP contribution in [0.3, 0.4) is 0 Å². The van der Waals surface area contributed by atoms with E-state index in [4.69, 9.17) is 23.2 Å². The fourth-order valence-electron chi connectivity index (χ4n) is 1.56. The van der Waals surface area contributed by atoms with Crippen molar-refractivity contribution in [2.24, 2.45) is 11.3 Å². The Kier molecular flexibility index (Phi) is 5.76. The van der Waals surface area contributed by atoms with E-state index in [0.29, 0.717) is 10.4 Å². The molecule has 108 valence electrons. The maximum atomic E-state index is 12.4. The number of alkyl halides is 1. The predicted molar refractivity (Wildman–Crippen MR) is 85.3 cm³/mol. The summed E-state index contributed by atoms with van der Waals surface area (Å²) in [6.45, 7) is 6.09. The standard InChI is InChI=1S/C13H17BrCl2O2S/c1-13(2,3)9(7-14)8-19(17,18)10-4-5-11(15)12(16)6-10/h4-6,9H,7-8H2,1-3H3. The van der Waals surface area contributed by atoms with Crippen molar-refractivity contribution in [2.45, 2.75) is 25.7 Å². The van der Waals surface area contributed by atoms with Crippen LogP contribution in [0.4, 0.5) is 0 Å². The van der Waals surface area contributed by atoms with Crippen LogP contribution < -0.4 is 0 Å². The minimum absolute atomic E-state index is 0.0203. The third kappa shape index (κ3) is 4.62. The lowest BCUT2D eigenvalue weighted by Gasteiger charge is -2.28. The van der Waals surface area contributed by atoms with E-state index in [0.717, 1.165) is 0 Å². The molecule has 0 spiro atoms. The number of halogens is 3. The molecule has 0 heterocycles. The van der Waals surface area contributed by atoms with Crippen LogP contribution in [-0.2, 0) is 9.84 Å². The van der Waals surface area contributed by atoms with E-state index in [1.807, 2.05) is 20.8 Å². The van der Waals surface area contributed by atoms with Crippen molar-refractivity contribution in [3.05, 3.63) is 28.2 Å². The minimum atomic E-state index is -3.37. The van der Waals surface area contributed by atoms with E-state index in [1.165, 1.54) is 18.2 Å². The maximum Gasteiger partial charge on any atom is 0.178 e. The zero-order valence-corrected chi connectivity index (χ0v) is 15.0. The van der Waals surface area contributed by atoms with E-state index in [9.17, 15) is 8.42 Å². The predicted octanol–water partition coefficient (Wildman–Crippen LogP) is 4.82. The highest BCUT2D eigenvalue weighted by molar-refractivity contribution is 9.09. The van der Waals surface area contributed by atoms with Crippen LogP contribution >= 0.6 is 39.1 Å². The topological polar surface area (TPSA) is 34.1 Å². The van der Waals surface area contributed by atoms with Crippen molar-refractivity contribution in [1.82, 2.24) is 0 Å². The second-order valence-corrected chi connectivity index (χ2v) is 9.07. The van der Waals surface area contributed by atoms with E-state index >= 15 is 0 Å². The Morgan fingerprint density at radius 1 is 1.21 bits per heavy atom. The quantitative estimate of drug-likeness (QED) is 0.693. The molecule has 0 saturated heterocycles. The lowest BCUT2D eigenvalue weighted by molar-refractivity contribution is 0.291. The lowest BCUT2D eigenvalue weighted by atomic mass is 9.83. The summed E-state index contributed by atoms with van der Waals surface area (Å²) in [5.74, 6) is 0.103. The van der Waals surface area contributed by atoms with Crippen molar-refractivity contribution >= 4 is 49.0 Å². The van der Waals surface area contributed by atoms with Crippen LogP contribution in [-0.4, -0.2) is 19.5 Å². The molecule has 0 aliphatic carbocycles. The van der Waals surface area contributed by atoms with Crippen LogP contribution in [0.5, 0.6) is 0 Å². The summed E-state index contributed by atoms with van der Waals surface area (Å²) >= 11 is 15.1. The average Bonchev–Trinajstić information content (AvgIpc) is 2.28. The molecule has 0 aromatic heterocycles. The van der Waals surface area contributed by atoms with Crippen molar-refractivity contribution < 1.29 is 8.42 Å². The monoisotopic (exact) mass is 386 g/mol. The minimum Gasteiger partial charge on any atom is -0.224 e. The number of sulfone groups is 1. The fraction of sp³-hybridized carbons (Fsp3) is 0.538. The second kappa shape index (κ2) is 6.33. The summed E-state index contributed by atoms with van der Waals surface area (Å²) < 4.78 is 24.8. The van der Waals surface area contributed by atoms with Crippen LogP contribution in [0.25, 0.3) is 0 Å². The van der Waals surface area contributed by atoms with Crippen LogP contribution in [0.2, 0.25) is 10.0 Å². The Morgan fingerprint density at radius 2 is 1.79 bits per heavy atom. The molecule has 0 aliphatic rings. The molecule has 0 amide bonds. The van der Waals surface area contributed by atoms with Gasteiger partial charge in [0.1, 0.15) is 0 Å². The summed E-state index contributed by atoms with van der Waals surface area (Å²) in [4.78, 5) is 0.220. The van der Waals surface area contributed by atoms with Gasteiger partial charge in [0.2, 0.25) is 0 Å². The van der Waals surface area contributed by atoms with Crippen LogP contribution in [0, 0.1) is 11.3 Å². The maximum absolute atomic E-state index is 12.4. The van der Waals surface area contributed by atoms with Gasteiger partial charge in [-0.15, -0.1) is 0 Å². The molecular weight excluding hydrogens is 371 g/mol. The van der Waals surface area contributed by atoms with Gasteiger partial charge < -0.3 is 0 Å². The first-order valence-electron chi connectivity index (χ1n) is 5.81. The smallest absolute Gasteiger partial charge is 0.178 e. The average molecular weight is 388 g/mol. The van der Waals surface area contributed by atoms with Gasteiger partial charge in [-0.1, -0.05) is 59.9 Å². The molecule has 1 aromatic carbocycles. The Bertz CT molecular complexity index is 550. The molecular formula is C13H17BrCl2O2S. The SMILES string of the molecule is CC(C)(C)C(CBr)CS(=O)(=O)c1ccc(Cl)c(Cl)c1. The van der Waals surface area contributed by atoms with Gasteiger partial charge in [-0.2, -0.15) is 0 Å². The molecule has 19 heavy (non-hydrogen) atoms. The highest BCUT2D eigenvalue weighted by Gasteiger charge is 2.29. The first kappa shape index (κ1) is 17.3. The first-order valence-corrected chi connectivity index (χ1v) is 9.34. The summed E-state index contributed by atoms with van der Waals surface area (Å²) in [7, 11) is -3.37. The Labute approximate surface area is 133 Å². The summed E-state index contributed by atoms with van der Waals surface area (Å²) in [5, 5.41) is 1.25. The number of hydrogen-bond acceptors (Lipinski definition) is 2. The van der Waals surface area contributed by atoms with Crippen molar-refractivity contribution in [3.8, 4) is 0 Å². The molecule has 1 aromatic rings. The normalized spacial score (nSPS) is 14.4. The van der Waals surface area contributed by atoms with Crippen molar-refractivity contribution in [2.75, 3.05) is 11.1 Å². The molecule has 0 radical (unpaired) electrons. The van der Waals surface area contributed by atoms with Gasteiger partial charge in [0.15, 0.2) is 9.84 Å². The van der Waals surface area contributed by atoms with Gasteiger partial charge in [-0.3, -0.25) is 0 Å².